The van der Waals surface area contributed by atoms with E-state index in [0.29, 0.717) is 31.6 Å². The first-order valence-electron chi connectivity index (χ1n) is 11.9. The van der Waals surface area contributed by atoms with Gasteiger partial charge in [0, 0.05) is 23.2 Å². The Balaban J connectivity index is 1.29. The average Bonchev–Trinajstić information content (AvgIpc) is 3.50. The van der Waals surface area contributed by atoms with Crippen LogP contribution in [0.3, 0.4) is 0 Å². The van der Waals surface area contributed by atoms with Crippen LogP contribution in [0.1, 0.15) is 44.6 Å². The highest BCUT2D eigenvalue weighted by Gasteiger charge is 2.45. The normalized spacial score (nSPS) is 30.6. The second-order valence-corrected chi connectivity index (χ2v) is 10.2. The highest BCUT2D eigenvalue weighted by Crippen LogP contribution is 2.39. The van der Waals surface area contributed by atoms with E-state index in [0.717, 1.165) is 53.7 Å². The van der Waals surface area contributed by atoms with Crippen molar-refractivity contribution in [3.63, 3.8) is 0 Å². The topological polar surface area (TPSA) is 83.9 Å². The van der Waals surface area contributed by atoms with Crippen LogP contribution in [0.4, 0.5) is 5.82 Å². The molecule has 2 saturated heterocycles. The third-order valence-electron chi connectivity index (χ3n) is 7.58. The fourth-order valence-electron chi connectivity index (χ4n) is 5.29. The van der Waals surface area contributed by atoms with Crippen LogP contribution in [0.5, 0.6) is 0 Å². The number of piperidine rings is 1. The number of amides is 1. The molecule has 0 bridgehead atoms. The van der Waals surface area contributed by atoms with Crippen LogP contribution in [-0.4, -0.2) is 71.6 Å². The second kappa shape index (κ2) is 9.12. The van der Waals surface area contributed by atoms with Crippen molar-refractivity contribution in [2.45, 2.75) is 56.8 Å². The minimum Gasteiger partial charge on any atom is -0.389 e. The molecular formula is C25H32ClN3O4. The van der Waals surface area contributed by atoms with Gasteiger partial charge in [0.15, 0.2) is 0 Å². The number of pyridine rings is 1. The van der Waals surface area contributed by atoms with E-state index in [1.165, 1.54) is 0 Å². The molecule has 178 valence electrons. The minimum absolute atomic E-state index is 0.0332. The molecule has 1 amide bonds. The number of anilines is 1. The number of halogens is 1. The van der Waals surface area contributed by atoms with Gasteiger partial charge in [-0.15, -0.1) is 0 Å². The van der Waals surface area contributed by atoms with E-state index in [2.05, 4.69) is 28.2 Å². The van der Waals surface area contributed by atoms with Crippen molar-refractivity contribution < 1.29 is 19.4 Å². The number of fused-ring (bicyclic) bond motifs is 1. The Labute approximate surface area is 199 Å². The van der Waals surface area contributed by atoms with Gasteiger partial charge in [-0.05, 0) is 81.3 Å². The van der Waals surface area contributed by atoms with Gasteiger partial charge in [-0.3, -0.25) is 9.69 Å². The molecule has 4 atom stereocenters. The summed E-state index contributed by atoms with van der Waals surface area (Å²) in [7, 11) is 0. The SMILES string of the molecule is CCO[C@@H]1C[C@@H]1C(=O)Nc1cc2cc(C3CCN([C@@]4(C)COC[C@H]4O)CC3)c(Cl)cc2cn1. The van der Waals surface area contributed by atoms with E-state index >= 15 is 0 Å². The summed E-state index contributed by atoms with van der Waals surface area (Å²) in [5.41, 5.74) is 0.832. The van der Waals surface area contributed by atoms with Crippen molar-refractivity contribution in [2.24, 2.45) is 5.92 Å². The summed E-state index contributed by atoms with van der Waals surface area (Å²) in [6.07, 6.45) is 4.07. The summed E-state index contributed by atoms with van der Waals surface area (Å²) in [5, 5.41) is 16.1. The fraction of sp³-hybridized carbons (Fsp3) is 0.600. The van der Waals surface area contributed by atoms with Crippen molar-refractivity contribution in [1.82, 2.24) is 9.88 Å². The van der Waals surface area contributed by atoms with Crippen LogP contribution >= 0.6 is 11.6 Å². The minimum atomic E-state index is -0.445. The third-order valence-corrected chi connectivity index (χ3v) is 7.91. The fourth-order valence-corrected chi connectivity index (χ4v) is 5.61. The summed E-state index contributed by atoms with van der Waals surface area (Å²) < 4.78 is 11.0. The summed E-state index contributed by atoms with van der Waals surface area (Å²) in [5.74, 6) is 0.791. The molecule has 1 aliphatic carbocycles. The first-order valence-corrected chi connectivity index (χ1v) is 12.3. The maximum Gasteiger partial charge on any atom is 0.231 e. The van der Waals surface area contributed by atoms with Crippen molar-refractivity contribution >= 4 is 34.1 Å². The quantitative estimate of drug-likeness (QED) is 0.667. The Morgan fingerprint density at radius 1 is 1.33 bits per heavy atom. The molecule has 3 fully saturated rings. The Hall–Kier alpha value is -1.77. The highest BCUT2D eigenvalue weighted by atomic mass is 35.5. The third kappa shape index (κ3) is 4.49. The van der Waals surface area contributed by atoms with Gasteiger partial charge in [-0.25, -0.2) is 4.98 Å². The number of aliphatic hydroxyl groups is 1. The summed E-state index contributed by atoms with van der Waals surface area (Å²) in [4.78, 5) is 19.2. The molecule has 5 rings (SSSR count). The molecule has 1 aromatic carbocycles. The molecule has 2 aromatic rings. The van der Waals surface area contributed by atoms with Crippen LogP contribution in [-0.2, 0) is 14.3 Å². The zero-order valence-corrected chi connectivity index (χ0v) is 20.0. The van der Waals surface area contributed by atoms with Crippen LogP contribution in [0.25, 0.3) is 10.8 Å². The number of aromatic nitrogens is 1. The molecule has 0 radical (unpaired) electrons. The van der Waals surface area contributed by atoms with Crippen LogP contribution in [0.15, 0.2) is 24.4 Å². The lowest BCUT2D eigenvalue weighted by Crippen LogP contribution is -2.56. The number of nitrogens with zero attached hydrogens (tertiary/aromatic N) is 2. The van der Waals surface area contributed by atoms with Gasteiger partial charge in [0.2, 0.25) is 5.91 Å². The Morgan fingerprint density at radius 2 is 2.12 bits per heavy atom. The number of nitrogens with one attached hydrogen (secondary N) is 1. The largest absolute Gasteiger partial charge is 0.389 e. The molecular weight excluding hydrogens is 442 g/mol. The molecule has 8 heteroatoms. The lowest BCUT2D eigenvalue weighted by atomic mass is 9.85. The summed E-state index contributed by atoms with van der Waals surface area (Å²) in [6, 6.07) is 6.04. The van der Waals surface area contributed by atoms with E-state index in [-0.39, 0.29) is 23.5 Å². The molecule has 1 saturated carbocycles. The number of hydrogen-bond acceptors (Lipinski definition) is 6. The van der Waals surface area contributed by atoms with Gasteiger partial charge in [0.1, 0.15) is 5.82 Å². The lowest BCUT2D eigenvalue weighted by molar-refractivity contribution is -0.118. The van der Waals surface area contributed by atoms with Gasteiger partial charge in [-0.2, -0.15) is 0 Å². The predicted octanol–water partition coefficient (Wildman–Crippen LogP) is 3.58. The molecule has 33 heavy (non-hydrogen) atoms. The molecule has 1 aromatic heterocycles. The van der Waals surface area contributed by atoms with E-state index in [4.69, 9.17) is 21.1 Å². The first kappa shape index (κ1) is 23.0. The summed E-state index contributed by atoms with van der Waals surface area (Å²) in [6.45, 7) is 7.44. The number of carbonyl (C=O) groups is 1. The van der Waals surface area contributed by atoms with E-state index in [1.807, 2.05) is 19.1 Å². The molecule has 0 spiro atoms. The predicted molar refractivity (Wildman–Crippen MR) is 128 cm³/mol. The number of carbonyl (C=O) groups excluding carboxylic acids is 1. The van der Waals surface area contributed by atoms with E-state index in [1.54, 1.807) is 6.20 Å². The number of ether oxygens (including phenoxy) is 2. The molecule has 2 aliphatic heterocycles. The lowest BCUT2D eigenvalue weighted by Gasteiger charge is -2.43. The van der Waals surface area contributed by atoms with E-state index in [9.17, 15) is 9.90 Å². The molecule has 3 heterocycles. The van der Waals surface area contributed by atoms with Crippen molar-refractivity contribution in [3.8, 4) is 0 Å². The van der Waals surface area contributed by atoms with Gasteiger partial charge < -0.3 is 19.9 Å². The Morgan fingerprint density at radius 3 is 2.82 bits per heavy atom. The molecule has 7 nitrogen and oxygen atoms in total. The Bertz CT molecular complexity index is 1040. The zero-order chi connectivity index (χ0) is 23.2. The number of benzene rings is 1. The number of likely N-dealkylation sites (tertiary alicyclic amines) is 1. The zero-order valence-electron chi connectivity index (χ0n) is 19.2. The number of hydrogen-bond donors (Lipinski definition) is 2. The smallest absolute Gasteiger partial charge is 0.231 e. The van der Waals surface area contributed by atoms with Crippen molar-refractivity contribution in [3.05, 3.63) is 35.0 Å². The van der Waals surface area contributed by atoms with Gasteiger partial charge in [0.25, 0.3) is 0 Å². The number of rotatable bonds is 6. The standard InChI is InChI=1S/C25H32ClN3O4/c1-3-33-21-11-19(21)24(31)28-23-10-16-8-18(20(26)9-17(16)12-27-23)15-4-6-29(7-5-15)25(2)14-32-13-22(25)30/h8-10,12,15,19,21-22,30H,3-7,11,13-14H2,1-2H3,(H,27,28,31)/t19-,21+,22+,25-/m0/s1. The molecule has 0 unspecified atom stereocenters. The van der Waals surface area contributed by atoms with Crippen molar-refractivity contribution in [2.75, 3.05) is 38.2 Å². The first-order chi connectivity index (χ1) is 15.9. The van der Waals surface area contributed by atoms with Gasteiger partial charge >= 0.3 is 0 Å². The van der Waals surface area contributed by atoms with Crippen LogP contribution in [0.2, 0.25) is 5.02 Å². The second-order valence-electron chi connectivity index (χ2n) is 9.77. The number of aliphatic hydroxyl groups excluding tert-OH is 1. The molecule has 3 aliphatic rings. The maximum atomic E-state index is 12.5. The monoisotopic (exact) mass is 473 g/mol. The Kier molecular flexibility index (Phi) is 6.35. The van der Waals surface area contributed by atoms with Crippen LogP contribution in [0, 0.1) is 5.92 Å². The van der Waals surface area contributed by atoms with E-state index < -0.39 is 6.10 Å². The van der Waals surface area contributed by atoms with Gasteiger partial charge in [0.05, 0.1) is 36.9 Å². The van der Waals surface area contributed by atoms with Crippen LogP contribution < -0.4 is 5.32 Å². The summed E-state index contributed by atoms with van der Waals surface area (Å²) >= 11 is 6.69. The highest BCUT2D eigenvalue weighted by molar-refractivity contribution is 6.32. The average molecular weight is 474 g/mol. The maximum absolute atomic E-state index is 12.5. The van der Waals surface area contributed by atoms with Gasteiger partial charge in [-0.1, -0.05) is 11.6 Å². The van der Waals surface area contributed by atoms with Crippen molar-refractivity contribution in [1.29, 1.82) is 0 Å². The molecule has 2 N–H and O–H groups in total.